The van der Waals surface area contributed by atoms with Gasteiger partial charge >= 0.3 is 0 Å². The largest absolute Gasteiger partial charge is 0.393 e. The molecule has 176 valence electrons. The molecule has 4 aliphatic rings. The van der Waals surface area contributed by atoms with Gasteiger partial charge in [-0.05, 0) is 117 Å². The summed E-state index contributed by atoms with van der Waals surface area (Å²) in [7, 11) is 0. The molecular weight excluding hydrogens is 376 g/mol. The summed E-state index contributed by atoms with van der Waals surface area (Å²) >= 11 is 0. The van der Waals surface area contributed by atoms with Crippen LogP contribution in [0, 0.1) is 39.4 Å². The van der Waals surface area contributed by atoms with E-state index < -0.39 is 0 Å². The van der Waals surface area contributed by atoms with Crippen LogP contribution < -0.4 is 0 Å². The number of aliphatic hydroxyl groups is 1. The zero-order valence-corrected chi connectivity index (χ0v) is 21.9. The molecule has 0 amide bonds. The van der Waals surface area contributed by atoms with Gasteiger partial charge in [-0.15, -0.1) is 0 Å². The summed E-state index contributed by atoms with van der Waals surface area (Å²) in [5, 5.41) is 10.8. The van der Waals surface area contributed by atoms with Crippen LogP contribution in [0.15, 0.2) is 22.8 Å². The maximum absolute atomic E-state index is 10.8. The summed E-state index contributed by atoms with van der Waals surface area (Å²) < 4.78 is 0. The number of hydrogen-bond donors (Lipinski definition) is 1. The van der Waals surface area contributed by atoms with Crippen LogP contribution in [0.3, 0.4) is 0 Å². The molecule has 0 bridgehead atoms. The topological polar surface area (TPSA) is 20.2 Å². The second-order valence-electron chi connectivity index (χ2n) is 13.6. The number of hydrogen-bond acceptors (Lipinski definition) is 1. The van der Waals surface area contributed by atoms with Crippen molar-refractivity contribution in [3.8, 4) is 0 Å². The summed E-state index contributed by atoms with van der Waals surface area (Å²) in [5.41, 5.74) is 6.41. The van der Waals surface area contributed by atoms with Crippen LogP contribution in [0.2, 0.25) is 0 Å². The van der Waals surface area contributed by atoms with Gasteiger partial charge in [-0.2, -0.15) is 0 Å². The van der Waals surface area contributed by atoms with E-state index in [4.69, 9.17) is 0 Å². The lowest BCUT2D eigenvalue weighted by atomic mass is 9.43. The number of aliphatic hydroxyl groups excluding tert-OH is 1. The fourth-order valence-corrected chi connectivity index (χ4v) is 9.47. The first-order chi connectivity index (χ1) is 14.4. The van der Waals surface area contributed by atoms with E-state index >= 15 is 0 Å². The van der Waals surface area contributed by atoms with Gasteiger partial charge in [-0.25, -0.2) is 0 Å². The molecule has 0 unspecified atom stereocenters. The minimum absolute atomic E-state index is 0.0465. The van der Waals surface area contributed by atoms with Crippen molar-refractivity contribution in [1.82, 2.24) is 0 Å². The van der Waals surface area contributed by atoms with Gasteiger partial charge in [0.15, 0.2) is 0 Å². The zero-order chi connectivity index (χ0) is 22.8. The van der Waals surface area contributed by atoms with Gasteiger partial charge in [-0.3, -0.25) is 0 Å². The second kappa shape index (κ2) is 7.75. The van der Waals surface area contributed by atoms with E-state index in [1.54, 1.807) is 0 Å². The molecular formula is C30H50O. The van der Waals surface area contributed by atoms with E-state index in [-0.39, 0.29) is 11.5 Å². The molecule has 0 aromatic carbocycles. The lowest BCUT2D eigenvalue weighted by Crippen LogP contribution is -2.55. The third-order valence-corrected chi connectivity index (χ3v) is 11.7. The highest BCUT2D eigenvalue weighted by Gasteiger charge is 2.63. The smallest absolute Gasteiger partial charge is 0.0594 e. The van der Waals surface area contributed by atoms with Crippen LogP contribution >= 0.6 is 0 Å². The highest BCUT2D eigenvalue weighted by atomic mass is 16.3. The Morgan fingerprint density at radius 1 is 0.968 bits per heavy atom. The Bertz CT molecular complexity index is 767. The normalized spacial score (nSPS) is 44.9. The SMILES string of the molecule is CC(C)=CCC[C@@H](C)[C@H]1CC[C@@]2(C)C3=C(CC[C@]12C)[C@@]1(C)CC[C@@H](O)C(C)(C)[C@H]1CC3. The molecule has 31 heavy (non-hydrogen) atoms. The van der Waals surface area contributed by atoms with Gasteiger partial charge < -0.3 is 5.11 Å². The molecule has 0 heterocycles. The average Bonchev–Trinajstić information content (AvgIpc) is 2.96. The Hall–Kier alpha value is -0.560. The molecule has 0 spiro atoms. The summed E-state index contributed by atoms with van der Waals surface area (Å²) in [6.07, 6.45) is 15.2. The van der Waals surface area contributed by atoms with E-state index in [0.717, 1.165) is 18.3 Å². The monoisotopic (exact) mass is 426 g/mol. The van der Waals surface area contributed by atoms with Crippen molar-refractivity contribution in [2.24, 2.45) is 39.4 Å². The van der Waals surface area contributed by atoms with Gasteiger partial charge in [0, 0.05) is 0 Å². The maximum atomic E-state index is 10.8. The summed E-state index contributed by atoms with van der Waals surface area (Å²) in [6.45, 7) is 19.6. The predicted molar refractivity (Wildman–Crippen MR) is 133 cm³/mol. The summed E-state index contributed by atoms with van der Waals surface area (Å²) in [4.78, 5) is 0. The van der Waals surface area contributed by atoms with Crippen molar-refractivity contribution in [3.05, 3.63) is 22.8 Å². The van der Waals surface area contributed by atoms with Gasteiger partial charge in [-0.1, -0.05) is 64.3 Å². The molecule has 0 radical (unpaired) electrons. The molecule has 7 atom stereocenters. The van der Waals surface area contributed by atoms with E-state index in [9.17, 15) is 5.11 Å². The van der Waals surface area contributed by atoms with E-state index in [2.05, 4.69) is 61.5 Å². The number of rotatable bonds is 4. The quantitative estimate of drug-likeness (QED) is 0.447. The molecule has 4 aliphatic carbocycles. The molecule has 1 heteroatoms. The van der Waals surface area contributed by atoms with Crippen LogP contribution in [0.25, 0.3) is 0 Å². The second-order valence-corrected chi connectivity index (χ2v) is 13.6. The van der Waals surface area contributed by atoms with E-state index in [1.165, 1.54) is 63.4 Å². The van der Waals surface area contributed by atoms with Crippen LogP contribution in [0.5, 0.6) is 0 Å². The molecule has 4 rings (SSSR count). The molecule has 0 aliphatic heterocycles. The first kappa shape index (κ1) is 23.6. The Morgan fingerprint density at radius 3 is 2.35 bits per heavy atom. The predicted octanol–water partition coefficient (Wildman–Crippen LogP) is 8.48. The van der Waals surface area contributed by atoms with Crippen molar-refractivity contribution in [2.45, 2.75) is 126 Å². The summed E-state index contributed by atoms with van der Waals surface area (Å²) in [6, 6.07) is 0. The standard InChI is InChI=1S/C30H50O/c1-20(2)10-9-11-21(3)22-14-18-30(8)24-12-13-25-27(4,5)26(31)16-17-28(25,6)23(24)15-19-29(22,30)7/h10,21-22,25-26,31H,9,11-19H2,1-8H3/t21-,22-,25-,26-,28-,29-,30+/m1/s1. The minimum atomic E-state index is -0.130. The molecule has 1 nitrogen and oxygen atoms in total. The van der Waals surface area contributed by atoms with E-state index in [0.29, 0.717) is 22.2 Å². The van der Waals surface area contributed by atoms with Crippen LogP contribution in [0.4, 0.5) is 0 Å². The molecule has 2 saturated carbocycles. The van der Waals surface area contributed by atoms with Gasteiger partial charge in [0.25, 0.3) is 0 Å². The minimum Gasteiger partial charge on any atom is -0.393 e. The third kappa shape index (κ3) is 3.34. The molecule has 2 fully saturated rings. The number of fused-ring (bicyclic) bond motifs is 4. The first-order valence-electron chi connectivity index (χ1n) is 13.4. The van der Waals surface area contributed by atoms with Crippen molar-refractivity contribution in [3.63, 3.8) is 0 Å². The van der Waals surface area contributed by atoms with E-state index in [1.807, 2.05) is 11.1 Å². The Balaban J connectivity index is 1.65. The Morgan fingerprint density at radius 2 is 1.68 bits per heavy atom. The van der Waals surface area contributed by atoms with Gasteiger partial charge in [0.1, 0.15) is 0 Å². The first-order valence-corrected chi connectivity index (χ1v) is 13.4. The zero-order valence-electron chi connectivity index (χ0n) is 21.9. The third-order valence-electron chi connectivity index (χ3n) is 11.7. The highest BCUT2D eigenvalue weighted by Crippen LogP contribution is 2.72. The fraction of sp³-hybridized carbons (Fsp3) is 0.867. The van der Waals surface area contributed by atoms with Crippen molar-refractivity contribution in [1.29, 1.82) is 0 Å². The van der Waals surface area contributed by atoms with Crippen molar-refractivity contribution < 1.29 is 5.11 Å². The number of allylic oxidation sites excluding steroid dienone is 4. The van der Waals surface area contributed by atoms with Crippen molar-refractivity contribution >= 4 is 0 Å². The molecule has 1 N–H and O–H groups in total. The van der Waals surface area contributed by atoms with Crippen LogP contribution in [0.1, 0.15) is 120 Å². The maximum Gasteiger partial charge on any atom is 0.0594 e. The lowest BCUT2D eigenvalue weighted by molar-refractivity contribution is -0.0962. The average molecular weight is 427 g/mol. The summed E-state index contributed by atoms with van der Waals surface area (Å²) in [5.74, 6) is 2.32. The van der Waals surface area contributed by atoms with Crippen LogP contribution in [-0.4, -0.2) is 11.2 Å². The lowest BCUT2D eigenvalue weighted by Gasteiger charge is -2.62. The Labute approximate surface area is 193 Å². The van der Waals surface area contributed by atoms with Gasteiger partial charge in [0.2, 0.25) is 0 Å². The molecule has 0 aromatic heterocycles. The highest BCUT2D eigenvalue weighted by molar-refractivity contribution is 5.38. The fourth-order valence-electron chi connectivity index (χ4n) is 9.47. The molecule has 0 aromatic rings. The molecule has 0 saturated heterocycles. The van der Waals surface area contributed by atoms with Crippen molar-refractivity contribution in [2.75, 3.05) is 0 Å². The van der Waals surface area contributed by atoms with Crippen LogP contribution in [-0.2, 0) is 0 Å². The Kier molecular flexibility index (Phi) is 5.90. The van der Waals surface area contributed by atoms with Gasteiger partial charge in [0.05, 0.1) is 6.10 Å².